The lowest BCUT2D eigenvalue weighted by atomic mass is 10.1. The van der Waals surface area contributed by atoms with Crippen molar-refractivity contribution < 1.29 is 0 Å². The first kappa shape index (κ1) is 16.0. The van der Waals surface area contributed by atoms with Crippen LogP contribution in [0.5, 0.6) is 0 Å². The highest BCUT2D eigenvalue weighted by atomic mass is 15.1. The number of aromatic nitrogens is 3. The summed E-state index contributed by atoms with van der Waals surface area (Å²) in [6.07, 6.45) is 6.23. The van der Waals surface area contributed by atoms with Gasteiger partial charge in [-0.05, 0) is 57.1 Å². The van der Waals surface area contributed by atoms with Crippen molar-refractivity contribution >= 4 is 16.7 Å². The van der Waals surface area contributed by atoms with Crippen molar-refractivity contribution in [2.24, 2.45) is 5.92 Å². The summed E-state index contributed by atoms with van der Waals surface area (Å²) in [4.78, 5) is 16.0. The van der Waals surface area contributed by atoms with Gasteiger partial charge in [0.2, 0.25) is 0 Å². The van der Waals surface area contributed by atoms with Gasteiger partial charge in [0.25, 0.3) is 0 Å². The Bertz CT molecular complexity index is 856. The van der Waals surface area contributed by atoms with Crippen molar-refractivity contribution in [3.8, 4) is 11.4 Å². The van der Waals surface area contributed by atoms with Gasteiger partial charge < -0.3 is 10.2 Å². The van der Waals surface area contributed by atoms with Crippen molar-refractivity contribution in [3.05, 3.63) is 48.8 Å². The molecule has 2 heterocycles. The summed E-state index contributed by atoms with van der Waals surface area (Å²) in [6, 6.07) is 12.6. The zero-order chi connectivity index (χ0) is 17.2. The second-order valence-electron chi connectivity index (χ2n) is 6.90. The Morgan fingerprint density at radius 3 is 2.68 bits per heavy atom. The van der Waals surface area contributed by atoms with Crippen LogP contribution < -0.4 is 5.32 Å². The summed E-state index contributed by atoms with van der Waals surface area (Å²) in [7, 11) is 4.31. The molecule has 0 amide bonds. The maximum atomic E-state index is 4.80. The second kappa shape index (κ2) is 6.76. The molecule has 1 fully saturated rings. The van der Waals surface area contributed by atoms with Crippen molar-refractivity contribution in [1.82, 2.24) is 19.9 Å². The van der Waals surface area contributed by atoms with Crippen LogP contribution in [0.1, 0.15) is 12.8 Å². The van der Waals surface area contributed by atoms with E-state index in [1.807, 2.05) is 30.3 Å². The number of pyridine rings is 1. The number of nitrogens with zero attached hydrogens (tertiary/aromatic N) is 4. The van der Waals surface area contributed by atoms with Gasteiger partial charge in [-0.3, -0.25) is 4.98 Å². The molecule has 0 radical (unpaired) electrons. The van der Waals surface area contributed by atoms with E-state index < -0.39 is 0 Å². The smallest absolute Gasteiger partial charge is 0.163 e. The molecule has 2 aromatic heterocycles. The normalized spacial score (nSPS) is 15.5. The Labute approximate surface area is 148 Å². The maximum absolute atomic E-state index is 4.80. The molecule has 1 unspecified atom stereocenters. The molecular weight excluding hydrogens is 310 g/mol. The molecule has 0 aliphatic heterocycles. The summed E-state index contributed by atoms with van der Waals surface area (Å²) in [5.41, 5.74) is 1.88. The number of para-hydroxylation sites is 1. The molecule has 25 heavy (non-hydrogen) atoms. The zero-order valence-electron chi connectivity index (χ0n) is 14.7. The molecule has 3 aromatic rings. The molecule has 5 heteroatoms. The molecule has 128 valence electrons. The van der Waals surface area contributed by atoms with Crippen LogP contribution in [0.2, 0.25) is 0 Å². The number of likely N-dealkylation sites (N-methyl/N-ethyl adjacent to an activating group) is 1. The van der Waals surface area contributed by atoms with Crippen molar-refractivity contribution in [1.29, 1.82) is 0 Å². The van der Waals surface area contributed by atoms with Gasteiger partial charge >= 0.3 is 0 Å². The van der Waals surface area contributed by atoms with E-state index in [4.69, 9.17) is 9.97 Å². The second-order valence-corrected chi connectivity index (χ2v) is 6.90. The summed E-state index contributed by atoms with van der Waals surface area (Å²) < 4.78 is 0. The average molecular weight is 333 g/mol. The van der Waals surface area contributed by atoms with E-state index in [-0.39, 0.29) is 0 Å². The molecule has 4 rings (SSSR count). The van der Waals surface area contributed by atoms with Gasteiger partial charge in [-0.15, -0.1) is 0 Å². The fraction of sp³-hybridized carbons (Fsp3) is 0.350. The van der Waals surface area contributed by atoms with Crippen LogP contribution in [0.25, 0.3) is 22.3 Å². The van der Waals surface area contributed by atoms with E-state index in [9.17, 15) is 0 Å². The maximum Gasteiger partial charge on any atom is 0.163 e. The Kier molecular flexibility index (Phi) is 4.32. The molecule has 5 nitrogen and oxygen atoms in total. The van der Waals surface area contributed by atoms with Gasteiger partial charge in [0.15, 0.2) is 5.82 Å². The molecule has 0 bridgehead atoms. The average Bonchev–Trinajstić information content (AvgIpc) is 3.47. The topological polar surface area (TPSA) is 53.9 Å². The molecule has 1 aliphatic carbocycles. The molecule has 1 saturated carbocycles. The quantitative estimate of drug-likeness (QED) is 0.749. The summed E-state index contributed by atoms with van der Waals surface area (Å²) in [5, 5.41) is 4.65. The van der Waals surface area contributed by atoms with Gasteiger partial charge in [0.05, 0.1) is 5.52 Å². The fourth-order valence-electron chi connectivity index (χ4n) is 3.29. The van der Waals surface area contributed by atoms with Crippen LogP contribution in [-0.2, 0) is 0 Å². The summed E-state index contributed by atoms with van der Waals surface area (Å²) in [5.74, 6) is 2.41. The van der Waals surface area contributed by atoms with Crippen molar-refractivity contribution in [2.45, 2.75) is 18.9 Å². The van der Waals surface area contributed by atoms with E-state index in [1.54, 1.807) is 12.4 Å². The Hall–Kier alpha value is -2.53. The van der Waals surface area contributed by atoms with Gasteiger partial charge in [0, 0.05) is 35.9 Å². The molecule has 0 saturated heterocycles. The van der Waals surface area contributed by atoms with Crippen LogP contribution >= 0.6 is 0 Å². The minimum atomic E-state index is 0.538. The molecule has 1 atom stereocenters. The largest absolute Gasteiger partial charge is 0.368 e. The van der Waals surface area contributed by atoms with Crippen LogP contribution in [0.4, 0.5) is 5.82 Å². The van der Waals surface area contributed by atoms with Crippen LogP contribution in [0.15, 0.2) is 48.8 Å². The van der Waals surface area contributed by atoms with E-state index in [0.29, 0.717) is 11.9 Å². The number of hydrogen-bond donors (Lipinski definition) is 1. The van der Waals surface area contributed by atoms with Gasteiger partial charge in [-0.1, -0.05) is 12.1 Å². The van der Waals surface area contributed by atoms with Gasteiger partial charge in [-0.2, -0.15) is 0 Å². The summed E-state index contributed by atoms with van der Waals surface area (Å²) in [6.45, 7) is 0.894. The lowest BCUT2D eigenvalue weighted by Gasteiger charge is -2.25. The van der Waals surface area contributed by atoms with Crippen LogP contribution in [-0.4, -0.2) is 46.5 Å². The summed E-state index contributed by atoms with van der Waals surface area (Å²) >= 11 is 0. The first-order valence-electron chi connectivity index (χ1n) is 8.80. The highest BCUT2D eigenvalue weighted by molar-refractivity contribution is 5.90. The number of benzene rings is 1. The lowest BCUT2D eigenvalue weighted by molar-refractivity contribution is 0.276. The fourth-order valence-corrected chi connectivity index (χ4v) is 3.29. The van der Waals surface area contributed by atoms with E-state index in [2.05, 4.69) is 35.4 Å². The highest BCUT2D eigenvalue weighted by Gasteiger charge is 2.32. The van der Waals surface area contributed by atoms with E-state index >= 15 is 0 Å². The van der Waals surface area contributed by atoms with Crippen LogP contribution in [0.3, 0.4) is 0 Å². The third kappa shape index (κ3) is 3.46. The minimum absolute atomic E-state index is 0.538. The van der Waals surface area contributed by atoms with E-state index in [0.717, 1.165) is 34.7 Å². The monoisotopic (exact) mass is 333 g/mol. The Morgan fingerprint density at radius 1 is 1.12 bits per heavy atom. The third-order valence-corrected chi connectivity index (χ3v) is 4.83. The number of nitrogens with one attached hydrogen (secondary N) is 1. The molecule has 1 aliphatic rings. The Balaban J connectivity index is 1.69. The third-order valence-electron chi connectivity index (χ3n) is 4.83. The highest BCUT2D eigenvalue weighted by Crippen LogP contribution is 2.35. The number of anilines is 1. The predicted octanol–water partition coefficient (Wildman–Crippen LogP) is 3.44. The van der Waals surface area contributed by atoms with Gasteiger partial charge in [0.1, 0.15) is 5.82 Å². The predicted molar refractivity (Wildman–Crippen MR) is 101 cm³/mol. The Morgan fingerprint density at radius 2 is 1.96 bits per heavy atom. The van der Waals surface area contributed by atoms with Crippen molar-refractivity contribution in [2.75, 3.05) is 26.0 Å². The lowest BCUT2D eigenvalue weighted by Crippen LogP contribution is -2.36. The molecular formula is C20H23N5. The van der Waals surface area contributed by atoms with Crippen LogP contribution in [0, 0.1) is 5.92 Å². The molecule has 1 N–H and O–H groups in total. The zero-order valence-corrected chi connectivity index (χ0v) is 14.7. The number of rotatable bonds is 6. The first-order chi connectivity index (χ1) is 12.2. The van der Waals surface area contributed by atoms with Gasteiger partial charge in [-0.25, -0.2) is 9.97 Å². The molecule has 1 aromatic carbocycles. The number of hydrogen-bond acceptors (Lipinski definition) is 5. The first-order valence-corrected chi connectivity index (χ1v) is 8.80. The van der Waals surface area contributed by atoms with Crippen molar-refractivity contribution in [3.63, 3.8) is 0 Å². The SMILES string of the molecule is CN(C)C(CNc1nc(-c2cccnc2)nc2ccccc12)C1CC1. The standard InChI is InChI=1S/C20H23N5/c1-25(2)18(14-9-10-14)13-22-20-16-7-3-4-8-17(16)23-19(24-20)15-6-5-11-21-12-15/h3-8,11-12,14,18H,9-10,13H2,1-2H3,(H,22,23,24). The number of fused-ring (bicyclic) bond motifs is 1. The molecule has 0 spiro atoms. The van der Waals surface area contributed by atoms with E-state index in [1.165, 1.54) is 12.8 Å². The minimum Gasteiger partial charge on any atom is -0.368 e.